The lowest BCUT2D eigenvalue weighted by Crippen LogP contribution is -2.37. The normalized spacial score (nSPS) is 23.2. The number of carbonyl (C=O) groups excluding carboxylic acids is 2. The van der Waals surface area contributed by atoms with Gasteiger partial charge in [-0.15, -0.1) is 0 Å². The van der Waals surface area contributed by atoms with Crippen LogP contribution in [0.3, 0.4) is 0 Å². The van der Waals surface area contributed by atoms with Gasteiger partial charge in [0.2, 0.25) is 0 Å². The third-order valence-corrected chi connectivity index (χ3v) is 1.90. The predicted octanol–water partition coefficient (Wildman–Crippen LogP) is 0.590. The maximum absolute atomic E-state index is 10.8. The molecular formula is C10H16O6. The summed E-state index contributed by atoms with van der Waals surface area (Å²) in [7, 11) is 0. The zero-order valence-electron chi connectivity index (χ0n) is 9.81. The number of rotatable bonds is 3. The molecule has 0 radical (unpaired) electrons. The van der Waals surface area contributed by atoms with E-state index in [-0.39, 0.29) is 6.61 Å². The molecule has 1 fully saturated rings. The van der Waals surface area contributed by atoms with Crippen LogP contribution in [0.1, 0.15) is 27.7 Å². The standard InChI is InChI=1S/C10H16O6/c1-6(11)14-9(15-7(2)12)8-5-13-10(3,4)16-8/h8-9H,5H2,1-4H3/t8-/m0/s1. The first-order valence-corrected chi connectivity index (χ1v) is 4.96. The fourth-order valence-corrected chi connectivity index (χ4v) is 1.35. The average molecular weight is 232 g/mol. The van der Waals surface area contributed by atoms with Crippen molar-refractivity contribution < 1.29 is 28.5 Å². The first kappa shape index (κ1) is 12.9. The van der Waals surface area contributed by atoms with E-state index >= 15 is 0 Å². The molecule has 16 heavy (non-hydrogen) atoms. The van der Waals surface area contributed by atoms with Crippen LogP contribution < -0.4 is 0 Å². The number of hydrogen-bond acceptors (Lipinski definition) is 6. The highest BCUT2D eigenvalue weighted by Gasteiger charge is 2.40. The highest BCUT2D eigenvalue weighted by atomic mass is 16.8. The Morgan fingerprint density at radius 1 is 1.25 bits per heavy atom. The van der Waals surface area contributed by atoms with Crippen LogP contribution in [0.2, 0.25) is 0 Å². The predicted molar refractivity (Wildman–Crippen MR) is 52.2 cm³/mol. The Labute approximate surface area is 93.8 Å². The largest absolute Gasteiger partial charge is 0.422 e. The molecule has 1 saturated heterocycles. The molecular weight excluding hydrogens is 216 g/mol. The number of esters is 2. The Hall–Kier alpha value is -1.14. The van der Waals surface area contributed by atoms with Gasteiger partial charge in [-0.25, -0.2) is 0 Å². The summed E-state index contributed by atoms with van der Waals surface area (Å²) in [6.45, 7) is 6.13. The van der Waals surface area contributed by atoms with Gasteiger partial charge in [-0.05, 0) is 13.8 Å². The van der Waals surface area contributed by atoms with E-state index in [2.05, 4.69) is 0 Å². The van der Waals surface area contributed by atoms with Crippen molar-refractivity contribution in [3.8, 4) is 0 Å². The van der Waals surface area contributed by atoms with Gasteiger partial charge in [0.05, 0.1) is 6.61 Å². The molecule has 1 heterocycles. The van der Waals surface area contributed by atoms with Crippen LogP contribution in [0.4, 0.5) is 0 Å². The van der Waals surface area contributed by atoms with Crippen molar-refractivity contribution >= 4 is 11.9 Å². The molecule has 0 saturated carbocycles. The quantitative estimate of drug-likeness (QED) is 0.524. The maximum Gasteiger partial charge on any atom is 0.305 e. The summed E-state index contributed by atoms with van der Waals surface area (Å²) in [6, 6.07) is 0. The Kier molecular flexibility index (Phi) is 3.88. The minimum absolute atomic E-state index is 0.207. The zero-order valence-corrected chi connectivity index (χ0v) is 9.81. The number of carbonyl (C=O) groups is 2. The SMILES string of the molecule is CC(=O)OC(OC(C)=O)[C@@H]1COC(C)(C)O1. The maximum atomic E-state index is 10.8. The van der Waals surface area contributed by atoms with Crippen molar-refractivity contribution in [2.45, 2.75) is 45.9 Å². The van der Waals surface area contributed by atoms with E-state index in [0.717, 1.165) is 0 Å². The highest BCUT2D eigenvalue weighted by Crippen LogP contribution is 2.25. The van der Waals surface area contributed by atoms with Gasteiger partial charge in [-0.2, -0.15) is 0 Å². The Morgan fingerprint density at radius 2 is 1.75 bits per heavy atom. The molecule has 0 spiro atoms. The summed E-state index contributed by atoms with van der Waals surface area (Å²) >= 11 is 0. The molecule has 1 rings (SSSR count). The molecule has 1 atom stereocenters. The van der Waals surface area contributed by atoms with Gasteiger partial charge >= 0.3 is 11.9 Å². The van der Waals surface area contributed by atoms with Crippen LogP contribution >= 0.6 is 0 Å². The van der Waals surface area contributed by atoms with Crippen molar-refractivity contribution in [2.75, 3.05) is 6.61 Å². The second-order valence-corrected chi connectivity index (χ2v) is 3.95. The molecule has 0 bridgehead atoms. The molecule has 1 aliphatic heterocycles. The van der Waals surface area contributed by atoms with Gasteiger partial charge in [0.15, 0.2) is 11.9 Å². The molecule has 1 aliphatic rings. The van der Waals surface area contributed by atoms with Gasteiger partial charge in [0.25, 0.3) is 6.29 Å². The summed E-state index contributed by atoms with van der Waals surface area (Å²) in [5.74, 6) is -1.84. The van der Waals surface area contributed by atoms with Crippen LogP contribution in [0.15, 0.2) is 0 Å². The lowest BCUT2D eigenvalue weighted by atomic mass is 10.3. The molecule has 0 aliphatic carbocycles. The molecule has 6 heteroatoms. The van der Waals surface area contributed by atoms with Crippen LogP contribution in [0.5, 0.6) is 0 Å². The number of hydrogen-bond donors (Lipinski definition) is 0. The minimum atomic E-state index is -1.06. The molecule has 0 aromatic heterocycles. The fraction of sp³-hybridized carbons (Fsp3) is 0.800. The summed E-state index contributed by atoms with van der Waals surface area (Å²) in [5.41, 5.74) is 0. The van der Waals surface area contributed by atoms with Gasteiger partial charge in [-0.3, -0.25) is 9.59 Å². The lowest BCUT2D eigenvalue weighted by Gasteiger charge is -2.23. The summed E-state index contributed by atoms with van der Waals surface area (Å²) in [4.78, 5) is 21.7. The monoisotopic (exact) mass is 232 g/mol. The molecule has 0 unspecified atom stereocenters. The first-order valence-electron chi connectivity index (χ1n) is 4.96. The third kappa shape index (κ3) is 3.79. The topological polar surface area (TPSA) is 71.1 Å². The van der Waals surface area contributed by atoms with Crippen LogP contribution in [-0.4, -0.2) is 36.7 Å². The van der Waals surface area contributed by atoms with Crippen molar-refractivity contribution in [1.82, 2.24) is 0 Å². The third-order valence-electron chi connectivity index (χ3n) is 1.90. The van der Waals surface area contributed by atoms with E-state index in [0.29, 0.717) is 0 Å². The van der Waals surface area contributed by atoms with Gasteiger partial charge in [-0.1, -0.05) is 0 Å². The van der Waals surface area contributed by atoms with Gasteiger partial charge in [0, 0.05) is 13.8 Å². The van der Waals surface area contributed by atoms with Crippen molar-refractivity contribution in [2.24, 2.45) is 0 Å². The lowest BCUT2D eigenvalue weighted by molar-refractivity contribution is -0.218. The fourth-order valence-electron chi connectivity index (χ4n) is 1.35. The van der Waals surface area contributed by atoms with E-state index in [9.17, 15) is 9.59 Å². The Balaban J connectivity index is 2.62. The molecule has 92 valence electrons. The van der Waals surface area contributed by atoms with E-state index in [1.807, 2.05) is 0 Å². The smallest absolute Gasteiger partial charge is 0.305 e. The Bertz CT molecular complexity index is 269. The molecule has 0 amide bonds. The summed E-state index contributed by atoms with van der Waals surface area (Å²) in [5, 5.41) is 0. The van der Waals surface area contributed by atoms with E-state index in [1.54, 1.807) is 13.8 Å². The second kappa shape index (κ2) is 4.80. The van der Waals surface area contributed by atoms with Gasteiger partial charge < -0.3 is 18.9 Å². The molecule has 0 aromatic rings. The Morgan fingerprint density at radius 3 is 2.06 bits per heavy atom. The average Bonchev–Trinajstić information content (AvgIpc) is 2.43. The number of ether oxygens (including phenoxy) is 4. The molecule has 0 aromatic carbocycles. The second-order valence-electron chi connectivity index (χ2n) is 3.95. The summed E-state index contributed by atoms with van der Waals surface area (Å²) < 4.78 is 20.4. The van der Waals surface area contributed by atoms with Crippen LogP contribution in [0, 0.1) is 0 Å². The van der Waals surface area contributed by atoms with Gasteiger partial charge in [0.1, 0.15) is 0 Å². The summed E-state index contributed by atoms with van der Waals surface area (Å²) in [6.07, 6.45) is -1.65. The highest BCUT2D eigenvalue weighted by molar-refractivity contribution is 5.68. The zero-order chi connectivity index (χ0) is 12.3. The van der Waals surface area contributed by atoms with E-state index in [4.69, 9.17) is 18.9 Å². The first-order chi connectivity index (χ1) is 7.30. The van der Waals surface area contributed by atoms with Crippen molar-refractivity contribution in [1.29, 1.82) is 0 Å². The minimum Gasteiger partial charge on any atom is -0.422 e. The van der Waals surface area contributed by atoms with Crippen molar-refractivity contribution in [3.63, 3.8) is 0 Å². The van der Waals surface area contributed by atoms with Crippen molar-refractivity contribution in [3.05, 3.63) is 0 Å². The van der Waals surface area contributed by atoms with E-state index < -0.39 is 30.1 Å². The van der Waals surface area contributed by atoms with Crippen LogP contribution in [-0.2, 0) is 28.5 Å². The molecule has 6 nitrogen and oxygen atoms in total. The van der Waals surface area contributed by atoms with Crippen LogP contribution in [0.25, 0.3) is 0 Å². The molecule has 0 N–H and O–H groups in total. The van der Waals surface area contributed by atoms with E-state index in [1.165, 1.54) is 13.8 Å².